The van der Waals surface area contributed by atoms with Gasteiger partial charge in [0, 0.05) is 18.8 Å². The summed E-state index contributed by atoms with van der Waals surface area (Å²) in [5.74, 6) is 0. The van der Waals surface area contributed by atoms with Crippen molar-refractivity contribution in [3.63, 3.8) is 0 Å². The Kier molecular flexibility index (Phi) is 5.55. The van der Waals surface area contributed by atoms with Gasteiger partial charge in [-0.2, -0.15) is 0 Å². The summed E-state index contributed by atoms with van der Waals surface area (Å²) >= 11 is 0. The van der Waals surface area contributed by atoms with E-state index >= 15 is 0 Å². The van der Waals surface area contributed by atoms with Gasteiger partial charge in [0.15, 0.2) is 5.03 Å². The highest BCUT2D eigenvalue weighted by atomic mass is 32.2. The molecule has 2 heterocycles. The molecule has 0 unspecified atom stereocenters. The van der Waals surface area contributed by atoms with Crippen LogP contribution in [0.4, 0.5) is 5.69 Å². The molecule has 0 aromatic carbocycles. The first-order valence-corrected chi connectivity index (χ1v) is 8.91. The van der Waals surface area contributed by atoms with Crippen molar-refractivity contribution in [3.05, 3.63) is 18.3 Å². The summed E-state index contributed by atoms with van der Waals surface area (Å²) in [6.45, 7) is 4.59. The molecule has 0 spiro atoms. The van der Waals surface area contributed by atoms with Crippen molar-refractivity contribution in [3.8, 4) is 0 Å². The first-order valence-electron chi connectivity index (χ1n) is 7.42. The number of anilines is 1. The van der Waals surface area contributed by atoms with E-state index in [1.54, 1.807) is 12.1 Å². The minimum absolute atomic E-state index is 0.00719. The lowest BCUT2D eigenvalue weighted by molar-refractivity contribution is 0.248. The molecule has 1 fully saturated rings. The van der Waals surface area contributed by atoms with Crippen LogP contribution in [0.5, 0.6) is 0 Å². The summed E-state index contributed by atoms with van der Waals surface area (Å²) in [4.78, 5) is 6.27. The van der Waals surface area contributed by atoms with Gasteiger partial charge in [-0.15, -0.1) is 0 Å². The highest BCUT2D eigenvalue weighted by molar-refractivity contribution is 7.89. The lowest BCUT2D eigenvalue weighted by atomic mass is 10.1. The van der Waals surface area contributed by atoms with Crippen LogP contribution in [0.1, 0.15) is 26.2 Å². The van der Waals surface area contributed by atoms with Crippen molar-refractivity contribution in [2.24, 2.45) is 0 Å². The molecule has 1 aliphatic rings. The molecule has 2 N–H and O–H groups in total. The van der Waals surface area contributed by atoms with Crippen LogP contribution in [0.3, 0.4) is 0 Å². The van der Waals surface area contributed by atoms with E-state index in [0.29, 0.717) is 5.69 Å². The molecular weight excluding hydrogens is 288 g/mol. The van der Waals surface area contributed by atoms with Gasteiger partial charge in [0.1, 0.15) is 0 Å². The summed E-state index contributed by atoms with van der Waals surface area (Å²) in [5, 5.41) is 3.22. The number of hydrogen-bond acceptors (Lipinski definition) is 5. The van der Waals surface area contributed by atoms with E-state index in [1.807, 2.05) is 6.92 Å². The third-order valence-corrected chi connectivity index (χ3v) is 5.11. The molecule has 0 saturated carbocycles. The Morgan fingerprint density at radius 2 is 2.10 bits per heavy atom. The molecule has 1 aromatic heterocycles. The van der Waals surface area contributed by atoms with Crippen LogP contribution in [0.25, 0.3) is 0 Å². The van der Waals surface area contributed by atoms with Gasteiger partial charge < -0.3 is 10.2 Å². The second-order valence-corrected chi connectivity index (χ2v) is 7.11. The smallest absolute Gasteiger partial charge is 0.260 e. The van der Waals surface area contributed by atoms with E-state index in [1.165, 1.54) is 6.20 Å². The molecule has 118 valence electrons. The van der Waals surface area contributed by atoms with Crippen molar-refractivity contribution in [2.75, 3.05) is 32.0 Å². The summed E-state index contributed by atoms with van der Waals surface area (Å²) in [6.07, 6.45) is 4.11. The van der Waals surface area contributed by atoms with Crippen molar-refractivity contribution in [1.29, 1.82) is 0 Å². The Labute approximate surface area is 127 Å². The Morgan fingerprint density at radius 1 is 1.38 bits per heavy atom. The van der Waals surface area contributed by atoms with Gasteiger partial charge in [0.2, 0.25) is 0 Å². The number of likely N-dealkylation sites (tertiary alicyclic amines) is 1. The van der Waals surface area contributed by atoms with E-state index in [4.69, 9.17) is 0 Å². The minimum atomic E-state index is -3.58. The lowest BCUT2D eigenvalue weighted by Gasteiger charge is -2.29. The molecule has 0 bridgehead atoms. The average molecular weight is 312 g/mol. The molecule has 0 aliphatic carbocycles. The van der Waals surface area contributed by atoms with Crippen molar-refractivity contribution < 1.29 is 8.42 Å². The average Bonchev–Trinajstić information content (AvgIpc) is 2.47. The van der Waals surface area contributed by atoms with Crippen molar-refractivity contribution >= 4 is 15.7 Å². The molecule has 21 heavy (non-hydrogen) atoms. The number of piperidine rings is 1. The van der Waals surface area contributed by atoms with Crippen LogP contribution in [0.2, 0.25) is 0 Å². The SMILES string of the molecule is CCCNc1cccnc1S(=O)(=O)NC1CCN(C)CC1. The maximum absolute atomic E-state index is 12.5. The summed E-state index contributed by atoms with van der Waals surface area (Å²) in [7, 11) is -1.53. The second kappa shape index (κ2) is 7.20. The molecule has 0 amide bonds. The Morgan fingerprint density at radius 3 is 2.76 bits per heavy atom. The fourth-order valence-corrected chi connectivity index (χ4v) is 3.82. The molecule has 1 aromatic rings. The zero-order valence-corrected chi connectivity index (χ0v) is 13.5. The normalized spacial score (nSPS) is 17.8. The van der Waals surface area contributed by atoms with Crippen LogP contribution < -0.4 is 10.0 Å². The minimum Gasteiger partial charge on any atom is -0.383 e. The quantitative estimate of drug-likeness (QED) is 0.827. The van der Waals surface area contributed by atoms with Gasteiger partial charge in [0.25, 0.3) is 10.0 Å². The summed E-state index contributed by atoms with van der Waals surface area (Å²) in [5.41, 5.74) is 0.569. The Balaban J connectivity index is 2.12. The van der Waals surface area contributed by atoms with E-state index in [0.717, 1.165) is 38.9 Å². The van der Waals surface area contributed by atoms with Crippen LogP contribution in [0, 0.1) is 0 Å². The van der Waals surface area contributed by atoms with E-state index < -0.39 is 10.0 Å². The van der Waals surface area contributed by atoms with Crippen LogP contribution in [-0.4, -0.2) is 51.0 Å². The van der Waals surface area contributed by atoms with Gasteiger partial charge >= 0.3 is 0 Å². The molecule has 1 saturated heterocycles. The van der Waals surface area contributed by atoms with E-state index in [2.05, 4.69) is 27.0 Å². The van der Waals surface area contributed by atoms with Gasteiger partial charge in [0.05, 0.1) is 5.69 Å². The zero-order valence-electron chi connectivity index (χ0n) is 12.7. The number of hydrogen-bond donors (Lipinski definition) is 2. The van der Waals surface area contributed by atoms with Crippen molar-refractivity contribution in [2.45, 2.75) is 37.3 Å². The summed E-state index contributed by atoms with van der Waals surface area (Å²) in [6, 6.07) is 3.49. The molecule has 6 nitrogen and oxygen atoms in total. The fraction of sp³-hybridized carbons (Fsp3) is 0.643. The number of pyridine rings is 1. The number of nitrogens with zero attached hydrogens (tertiary/aromatic N) is 2. The number of nitrogens with one attached hydrogen (secondary N) is 2. The van der Waals surface area contributed by atoms with Crippen LogP contribution in [0.15, 0.2) is 23.4 Å². The van der Waals surface area contributed by atoms with Crippen LogP contribution >= 0.6 is 0 Å². The maximum Gasteiger partial charge on any atom is 0.260 e. The fourth-order valence-electron chi connectivity index (χ4n) is 2.40. The van der Waals surface area contributed by atoms with Crippen molar-refractivity contribution in [1.82, 2.24) is 14.6 Å². The number of rotatable bonds is 6. The molecule has 0 atom stereocenters. The third kappa shape index (κ3) is 4.39. The molecule has 2 rings (SSSR count). The number of sulfonamides is 1. The van der Waals surface area contributed by atoms with Gasteiger partial charge in [-0.3, -0.25) is 0 Å². The number of aromatic nitrogens is 1. The third-order valence-electron chi connectivity index (χ3n) is 3.63. The molecule has 1 aliphatic heterocycles. The topological polar surface area (TPSA) is 74.3 Å². The maximum atomic E-state index is 12.5. The highest BCUT2D eigenvalue weighted by Crippen LogP contribution is 2.19. The lowest BCUT2D eigenvalue weighted by Crippen LogP contribution is -2.43. The first-order chi connectivity index (χ1) is 10.0. The Bertz CT molecular complexity index is 554. The first kappa shape index (κ1) is 16.2. The zero-order chi connectivity index (χ0) is 15.3. The second-order valence-electron chi connectivity index (χ2n) is 5.48. The van der Waals surface area contributed by atoms with Crippen LogP contribution in [-0.2, 0) is 10.0 Å². The Hall–Kier alpha value is -1.18. The molecular formula is C14H24N4O2S. The largest absolute Gasteiger partial charge is 0.383 e. The van der Waals surface area contributed by atoms with Gasteiger partial charge in [-0.05, 0) is 51.5 Å². The predicted molar refractivity (Wildman–Crippen MR) is 83.9 cm³/mol. The van der Waals surface area contributed by atoms with E-state index in [9.17, 15) is 8.42 Å². The predicted octanol–water partition coefficient (Wildman–Crippen LogP) is 1.28. The van der Waals surface area contributed by atoms with Gasteiger partial charge in [-0.1, -0.05) is 6.92 Å². The van der Waals surface area contributed by atoms with Gasteiger partial charge in [-0.25, -0.2) is 18.1 Å². The highest BCUT2D eigenvalue weighted by Gasteiger charge is 2.26. The summed E-state index contributed by atoms with van der Waals surface area (Å²) < 4.78 is 27.9. The standard InChI is InChI=1S/C14H24N4O2S/c1-3-8-15-13-5-4-9-16-14(13)21(19,20)17-12-6-10-18(2)11-7-12/h4-5,9,12,15,17H,3,6-8,10-11H2,1-2H3. The molecule has 0 radical (unpaired) electrons. The van der Waals surface area contributed by atoms with E-state index in [-0.39, 0.29) is 11.1 Å². The molecule has 7 heteroatoms. The monoisotopic (exact) mass is 312 g/mol.